The highest BCUT2D eigenvalue weighted by Gasteiger charge is 2.23. The van der Waals surface area contributed by atoms with Gasteiger partial charge in [-0.15, -0.1) is 11.3 Å². The number of carbonyl (C=O) groups excluding carboxylic acids is 2. The molecule has 0 saturated carbocycles. The first kappa shape index (κ1) is 26.6. The Kier molecular flexibility index (Phi) is 7.61. The third kappa shape index (κ3) is 5.43. The van der Waals surface area contributed by atoms with Gasteiger partial charge in [0, 0.05) is 5.69 Å². The standard InChI is InChI=1S/C30H26N4O5S/c1-18-25-29(40-26(18)28(36)33-23-11-7-8-12-24(23)38-3)31-17-34(30(25)37)19(2)27(35)32-20-13-15-22(16-14-20)39-21-9-5-4-6-10-21/h4-17,19H,1-3H3,(H,32,35)(H,33,36). The molecule has 10 heteroatoms. The third-order valence-corrected chi connectivity index (χ3v) is 7.53. The summed E-state index contributed by atoms with van der Waals surface area (Å²) in [6.07, 6.45) is 1.34. The average molecular weight is 555 g/mol. The number of aryl methyl sites for hydroxylation is 1. The number of aromatic nitrogens is 2. The Morgan fingerprint density at radius 3 is 2.33 bits per heavy atom. The number of hydrogen-bond acceptors (Lipinski definition) is 7. The lowest BCUT2D eigenvalue weighted by molar-refractivity contribution is -0.118. The molecule has 2 amide bonds. The summed E-state index contributed by atoms with van der Waals surface area (Å²) in [6.45, 7) is 3.32. The average Bonchev–Trinajstić information content (AvgIpc) is 3.32. The first-order chi connectivity index (χ1) is 19.4. The molecule has 2 heterocycles. The molecule has 0 saturated heterocycles. The van der Waals surface area contributed by atoms with Gasteiger partial charge in [-0.1, -0.05) is 30.3 Å². The minimum absolute atomic E-state index is 0.305. The number of para-hydroxylation sites is 3. The molecule has 1 unspecified atom stereocenters. The number of rotatable bonds is 8. The van der Waals surface area contributed by atoms with E-state index >= 15 is 0 Å². The number of amides is 2. The van der Waals surface area contributed by atoms with Gasteiger partial charge in [-0.25, -0.2) is 4.98 Å². The van der Waals surface area contributed by atoms with Crippen molar-refractivity contribution in [3.8, 4) is 17.2 Å². The minimum atomic E-state index is -0.852. The Labute approximate surface area is 234 Å². The van der Waals surface area contributed by atoms with Crippen molar-refractivity contribution in [1.29, 1.82) is 0 Å². The summed E-state index contributed by atoms with van der Waals surface area (Å²) < 4.78 is 12.4. The summed E-state index contributed by atoms with van der Waals surface area (Å²) in [5.41, 5.74) is 1.17. The van der Waals surface area contributed by atoms with Crippen molar-refractivity contribution < 1.29 is 19.1 Å². The molecule has 9 nitrogen and oxygen atoms in total. The lowest BCUT2D eigenvalue weighted by atomic mass is 10.2. The van der Waals surface area contributed by atoms with Crippen LogP contribution in [0.2, 0.25) is 0 Å². The summed E-state index contributed by atoms with van der Waals surface area (Å²) in [7, 11) is 1.52. The number of anilines is 2. The van der Waals surface area contributed by atoms with E-state index in [4.69, 9.17) is 9.47 Å². The third-order valence-electron chi connectivity index (χ3n) is 6.33. The quantitative estimate of drug-likeness (QED) is 0.243. The van der Waals surface area contributed by atoms with Crippen molar-refractivity contribution in [1.82, 2.24) is 9.55 Å². The van der Waals surface area contributed by atoms with E-state index < -0.39 is 11.6 Å². The molecular weight excluding hydrogens is 528 g/mol. The molecule has 0 aliphatic rings. The Morgan fingerprint density at radius 2 is 1.60 bits per heavy atom. The predicted octanol–water partition coefficient (Wildman–Crippen LogP) is 6.02. The molecule has 5 aromatic rings. The van der Waals surface area contributed by atoms with Crippen LogP contribution in [0.15, 0.2) is 90.0 Å². The van der Waals surface area contributed by atoms with E-state index in [1.807, 2.05) is 30.3 Å². The zero-order valence-electron chi connectivity index (χ0n) is 22.0. The number of thiophene rings is 1. The van der Waals surface area contributed by atoms with Crippen molar-refractivity contribution in [3.05, 3.63) is 106 Å². The number of carbonyl (C=O) groups is 2. The van der Waals surface area contributed by atoms with E-state index in [0.29, 0.717) is 49.3 Å². The maximum atomic E-state index is 13.4. The van der Waals surface area contributed by atoms with E-state index in [1.165, 1.54) is 18.0 Å². The fourth-order valence-electron chi connectivity index (χ4n) is 4.16. The van der Waals surface area contributed by atoms with E-state index in [-0.39, 0.29) is 11.8 Å². The van der Waals surface area contributed by atoms with Crippen molar-refractivity contribution >= 4 is 44.7 Å². The van der Waals surface area contributed by atoms with Gasteiger partial charge < -0.3 is 20.1 Å². The Hall–Kier alpha value is -4.96. The highest BCUT2D eigenvalue weighted by Crippen LogP contribution is 2.30. The van der Waals surface area contributed by atoms with Crippen LogP contribution in [-0.2, 0) is 4.79 Å². The zero-order valence-corrected chi connectivity index (χ0v) is 22.8. The molecule has 1 atom stereocenters. The highest BCUT2D eigenvalue weighted by molar-refractivity contribution is 7.20. The van der Waals surface area contributed by atoms with Gasteiger partial charge in [-0.2, -0.15) is 0 Å². The molecule has 2 aromatic heterocycles. The lowest BCUT2D eigenvalue weighted by Gasteiger charge is -2.15. The van der Waals surface area contributed by atoms with Crippen molar-refractivity contribution in [2.75, 3.05) is 17.7 Å². The predicted molar refractivity (Wildman–Crippen MR) is 156 cm³/mol. The van der Waals surface area contributed by atoms with Crippen molar-refractivity contribution in [2.45, 2.75) is 19.9 Å². The summed E-state index contributed by atoms with van der Waals surface area (Å²) in [5.74, 6) is 1.10. The smallest absolute Gasteiger partial charge is 0.266 e. The van der Waals surface area contributed by atoms with Crippen LogP contribution in [0.25, 0.3) is 10.2 Å². The van der Waals surface area contributed by atoms with E-state index in [2.05, 4.69) is 15.6 Å². The Morgan fingerprint density at radius 1 is 0.925 bits per heavy atom. The lowest BCUT2D eigenvalue weighted by Crippen LogP contribution is -2.31. The summed E-state index contributed by atoms with van der Waals surface area (Å²) in [5, 5.41) is 5.97. The molecule has 202 valence electrons. The zero-order chi connectivity index (χ0) is 28.2. The molecule has 2 N–H and O–H groups in total. The Bertz CT molecular complexity index is 1750. The highest BCUT2D eigenvalue weighted by atomic mass is 32.1. The molecule has 0 fully saturated rings. The monoisotopic (exact) mass is 554 g/mol. The van der Waals surface area contributed by atoms with Gasteiger partial charge in [-0.3, -0.25) is 19.0 Å². The van der Waals surface area contributed by atoms with E-state index in [1.54, 1.807) is 62.4 Å². The van der Waals surface area contributed by atoms with Gasteiger partial charge in [0.15, 0.2) is 0 Å². The Balaban J connectivity index is 1.33. The van der Waals surface area contributed by atoms with E-state index in [0.717, 1.165) is 11.3 Å². The number of ether oxygens (including phenoxy) is 2. The SMILES string of the molecule is COc1ccccc1NC(=O)c1sc2ncn(C(C)C(=O)Nc3ccc(Oc4ccccc4)cc3)c(=O)c2c1C. The number of hydrogen-bond donors (Lipinski definition) is 2. The largest absolute Gasteiger partial charge is 0.495 e. The number of fused-ring (bicyclic) bond motifs is 1. The minimum Gasteiger partial charge on any atom is -0.495 e. The number of nitrogens with zero attached hydrogens (tertiary/aromatic N) is 2. The molecule has 0 aliphatic heterocycles. The van der Waals surface area contributed by atoms with Crippen molar-refractivity contribution in [3.63, 3.8) is 0 Å². The second-order valence-corrected chi connectivity index (χ2v) is 9.95. The molecule has 3 aromatic carbocycles. The number of methoxy groups -OCH3 is 1. The fraction of sp³-hybridized carbons (Fsp3) is 0.133. The molecular formula is C30H26N4O5S. The fourth-order valence-corrected chi connectivity index (χ4v) is 5.20. The van der Waals surface area contributed by atoms with Gasteiger partial charge in [-0.05, 0) is 67.9 Å². The maximum Gasteiger partial charge on any atom is 0.266 e. The van der Waals surface area contributed by atoms with Crippen LogP contribution in [-0.4, -0.2) is 28.5 Å². The first-order valence-corrected chi connectivity index (χ1v) is 13.3. The van der Waals surface area contributed by atoms with Gasteiger partial charge in [0.25, 0.3) is 11.5 Å². The van der Waals surface area contributed by atoms with Gasteiger partial charge in [0.2, 0.25) is 5.91 Å². The van der Waals surface area contributed by atoms with E-state index in [9.17, 15) is 14.4 Å². The van der Waals surface area contributed by atoms with Gasteiger partial charge in [0.05, 0.1) is 29.4 Å². The molecule has 0 radical (unpaired) electrons. The van der Waals surface area contributed by atoms with Crippen LogP contribution in [0.1, 0.15) is 28.2 Å². The topological polar surface area (TPSA) is 112 Å². The maximum absolute atomic E-state index is 13.4. The van der Waals surface area contributed by atoms with Crippen LogP contribution >= 0.6 is 11.3 Å². The normalized spacial score (nSPS) is 11.6. The van der Waals surface area contributed by atoms with Crippen molar-refractivity contribution in [2.24, 2.45) is 0 Å². The van der Waals surface area contributed by atoms with Crippen LogP contribution in [0, 0.1) is 6.92 Å². The second-order valence-electron chi connectivity index (χ2n) is 8.95. The molecule has 0 aliphatic carbocycles. The molecule has 5 rings (SSSR count). The summed E-state index contributed by atoms with van der Waals surface area (Å²) in [6, 6.07) is 22.5. The van der Waals surface area contributed by atoms with Crippen LogP contribution in [0.5, 0.6) is 17.2 Å². The molecule has 0 spiro atoms. The van der Waals surface area contributed by atoms with Crippen LogP contribution in [0.3, 0.4) is 0 Å². The molecule has 40 heavy (non-hydrogen) atoms. The molecule has 0 bridgehead atoms. The van der Waals surface area contributed by atoms with Gasteiger partial charge in [0.1, 0.15) is 28.1 Å². The van der Waals surface area contributed by atoms with Crippen LogP contribution < -0.4 is 25.7 Å². The summed E-state index contributed by atoms with van der Waals surface area (Å²) in [4.78, 5) is 44.7. The second kappa shape index (κ2) is 11.4. The number of nitrogens with one attached hydrogen (secondary N) is 2. The first-order valence-electron chi connectivity index (χ1n) is 12.4. The van der Waals surface area contributed by atoms with Gasteiger partial charge >= 0.3 is 0 Å². The summed E-state index contributed by atoms with van der Waals surface area (Å²) >= 11 is 1.12. The number of benzene rings is 3. The van der Waals surface area contributed by atoms with Crippen LogP contribution in [0.4, 0.5) is 11.4 Å².